The number of nitrogen functional groups attached to an aromatic ring is 1. The lowest BCUT2D eigenvalue weighted by Gasteiger charge is -2.11. The molecule has 1 aliphatic carbocycles. The zero-order valence-corrected chi connectivity index (χ0v) is 12.0. The SMILES string of the molecule is Cc1cccc(Nc2ccc(C(=O)NC3CC3)cc2N)c1. The molecular formula is C17H19N3O. The third-order valence-corrected chi connectivity index (χ3v) is 3.52. The second kappa shape index (κ2) is 5.48. The first-order valence-electron chi connectivity index (χ1n) is 7.16. The fourth-order valence-corrected chi connectivity index (χ4v) is 2.19. The van der Waals surface area contributed by atoms with E-state index in [1.165, 1.54) is 5.56 Å². The Morgan fingerprint density at radius 2 is 2.00 bits per heavy atom. The Morgan fingerprint density at radius 3 is 2.67 bits per heavy atom. The molecule has 1 aliphatic rings. The molecule has 0 spiro atoms. The van der Waals surface area contributed by atoms with Gasteiger partial charge in [-0.15, -0.1) is 0 Å². The van der Waals surface area contributed by atoms with Crippen LogP contribution in [0.25, 0.3) is 0 Å². The number of amides is 1. The zero-order chi connectivity index (χ0) is 14.8. The fraction of sp³-hybridized carbons (Fsp3) is 0.235. The second-order valence-corrected chi connectivity index (χ2v) is 5.54. The van der Waals surface area contributed by atoms with Gasteiger partial charge in [0.25, 0.3) is 5.91 Å². The van der Waals surface area contributed by atoms with E-state index in [1.807, 2.05) is 37.3 Å². The van der Waals surface area contributed by atoms with Crippen molar-refractivity contribution in [1.82, 2.24) is 5.32 Å². The highest BCUT2D eigenvalue weighted by Crippen LogP contribution is 2.25. The molecule has 0 aliphatic heterocycles. The molecule has 108 valence electrons. The number of hydrogen-bond donors (Lipinski definition) is 3. The molecule has 0 radical (unpaired) electrons. The minimum atomic E-state index is -0.0497. The molecule has 0 unspecified atom stereocenters. The molecule has 0 heterocycles. The van der Waals surface area contributed by atoms with Gasteiger partial charge < -0.3 is 16.4 Å². The molecule has 4 heteroatoms. The number of rotatable bonds is 4. The van der Waals surface area contributed by atoms with Crippen LogP contribution in [0.15, 0.2) is 42.5 Å². The summed E-state index contributed by atoms with van der Waals surface area (Å²) in [4.78, 5) is 12.0. The first kappa shape index (κ1) is 13.5. The molecule has 3 rings (SSSR count). The standard InChI is InChI=1S/C17H19N3O/c1-11-3-2-4-14(9-11)19-16-8-5-12(10-15(16)18)17(21)20-13-6-7-13/h2-5,8-10,13,19H,6-7,18H2,1H3,(H,20,21). The molecule has 2 aromatic rings. The number of carbonyl (C=O) groups excluding carboxylic acids is 1. The van der Waals surface area contributed by atoms with Gasteiger partial charge in [0.1, 0.15) is 0 Å². The summed E-state index contributed by atoms with van der Waals surface area (Å²) in [6.45, 7) is 2.04. The minimum Gasteiger partial charge on any atom is -0.397 e. The highest BCUT2D eigenvalue weighted by Gasteiger charge is 2.23. The number of anilines is 3. The van der Waals surface area contributed by atoms with E-state index in [4.69, 9.17) is 5.73 Å². The summed E-state index contributed by atoms with van der Waals surface area (Å²) in [5.74, 6) is -0.0497. The summed E-state index contributed by atoms with van der Waals surface area (Å²) < 4.78 is 0. The molecule has 21 heavy (non-hydrogen) atoms. The molecule has 4 N–H and O–H groups in total. The summed E-state index contributed by atoms with van der Waals surface area (Å²) in [6.07, 6.45) is 2.16. The molecule has 1 amide bonds. The van der Waals surface area contributed by atoms with Crippen molar-refractivity contribution in [3.05, 3.63) is 53.6 Å². The molecule has 4 nitrogen and oxygen atoms in total. The van der Waals surface area contributed by atoms with Crippen LogP contribution < -0.4 is 16.4 Å². The van der Waals surface area contributed by atoms with Gasteiger partial charge in [0.15, 0.2) is 0 Å². The molecule has 0 bridgehead atoms. The van der Waals surface area contributed by atoms with Crippen molar-refractivity contribution in [2.45, 2.75) is 25.8 Å². The number of hydrogen-bond acceptors (Lipinski definition) is 3. The van der Waals surface area contributed by atoms with Gasteiger partial charge in [-0.3, -0.25) is 4.79 Å². The van der Waals surface area contributed by atoms with E-state index in [0.29, 0.717) is 17.3 Å². The third kappa shape index (κ3) is 3.34. The predicted octanol–water partition coefficient (Wildman–Crippen LogP) is 3.21. The zero-order valence-electron chi connectivity index (χ0n) is 12.0. The van der Waals surface area contributed by atoms with Gasteiger partial charge in [-0.1, -0.05) is 12.1 Å². The van der Waals surface area contributed by atoms with Crippen LogP contribution in [0, 0.1) is 6.92 Å². The maximum absolute atomic E-state index is 12.0. The lowest BCUT2D eigenvalue weighted by molar-refractivity contribution is 0.0951. The normalized spacial score (nSPS) is 13.8. The van der Waals surface area contributed by atoms with Crippen LogP contribution in [0.2, 0.25) is 0 Å². The van der Waals surface area contributed by atoms with E-state index in [-0.39, 0.29) is 5.91 Å². The van der Waals surface area contributed by atoms with Gasteiger partial charge in [-0.05, 0) is 55.7 Å². The summed E-state index contributed by atoms with van der Waals surface area (Å²) in [7, 11) is 0. The monoisotopic (exact) mass is 281 g/mol. The lowest BCUT2D eigenvalue weighted by atomic mass is 10.1. The predicted molar refractivity (Wildman–Crippen MR) is 85.8 cm³/mol. The van der Waals surface area contributed by atoms with E-state index in [2.05, 4.69) is 10.6 Å². The number of aryl methyl sites for hydroxylation is 1. The highest BCUT2D eigenvalue weighted by molar-refractivity contribution is 5.96. The van der Waals surface area contributed by atoms with Crippen LogP contribution >= 0.6 is 0 Å². The van der Waals surface area contributed by atoms with Crippen LogP contribution in [0.3, 0.4) is 0 Å². The maximum atomic E-state index is 12.0. The topological polar surface area (TPSA) is 67.2 Å². The van der Waals surface area contributed by atoms with Crippen molar-refractivity contribution in [1.29, 1.82) is 0 Å². The van der Waals surface area contributed by atoms with E-state index in [9.17, 15) is 4.79 Å². The van der Waals surface area contributed by atoms with Crippen molar-refractivity contribution in [2.24, 2.45) is 0 Å². The fourth-order valence-electron chi connectivity index (χ4n) is 2.19. The van der Waals surface area contributed by atoms with E-state index < -0.39 is 0 Å². The van der Waals surface area contributed by atoms with Crippen LogP contribution in [0.4, 0.5) is 17.1 Å². The van der Waals surface area contributed by atoms with Crippen LogP contribution in [-0.4, -0.2) is 11.9 Å². The van der Waals surface area contributed by atoms with Gasteiger partial charge in [0.05, 0.1) is 11.4 Å². The van der Waals surface area contributed by atoms with Gasteiger partial charge in [0.2, 0.25) is 0 Å². The molecule has 2 aromatic carbocycles. The minimum absolute atomic E-state index is 0.0497. The molecule has 1 fully saturated rings. The molecule has 0 aromatic heterocycles. The number of benzene rings is 2. The summed E-state index contributed by atoms with van der Waals surface area (Å²) in [6, 6.07) is 13.8. The quantitative estimate of drug-likeness (QED) is 0.754. The maximum Gasteiger partial charge on any atom is 0.251 e. The lowest BCUT2D eigenvalue weighted by Crippen LogP contribution is -2.25. The number of nitrogens with two attached hydrogens (primary N) is 1. The Balaban J connectivity index is 1.76. The van der Waals surface area contributed by atoms with E-state index >= 15 is 0 Å². The van der Waals surface area contributed by atoms with Gasteiger partial charge in [-0.25, -0.2) is 0 Å². The summed E-state index contributed by atoms with van der Waals surface area (Å²) in [5.41, 5.74) is 10.2. The number of carbonyl (C=O) groups is 1. The molecule has 1 saturated carbocycles. The Hall–Kier alpha value is -2.49. The van der Waals surface area contributed by atoms with Crippen molar-refractivity contribution in [2.75, 3.05) is 11.1 Å². The molecule has 0 saturated heterocycles. The van der Waals surface area contributed by atoms with Gasteiger partial charge in [-0.2, -0.15) is 0 Å². The average Bonchev–Trinajstić information content (AvgIpc) is 3.25. The molecular weight excluding hydrogens is 262 g/mol. The van der Waals surface area contributed by atoms with E-state index in [0.717, 1.165) is 24.2 Å². The highest BCUT2D eigenvalue weighted by atomic mass is 16.1. The average molecular weight is 281 g/mol. The van der Waals surface area contributed by atoms with Crippen LogP contribution in [-0.2, 0) is 0 Å². The van der Waals surface area contributed by atoms with Gasteiger partial charge >= 0.3 is 0 Å². The largest absolute Gasteiger partial charge is 0.397 e. The van der Waals surface area contributed by atoms with Crippen molar-refractivity contribution in [3.8, 4) is 0 Å². The van der Waals surface area contributed by atoms with E-state index in [1.54, 1.807) is 12.1 Å². The van der Waals surface area contributed by atoms with Gasteiger partial charge in [0, 0.05) is 17.3 Å². The smallest absolute Gasteiger partial charge is 0.251 e. The van der Waals surface area contributed by atoms with Crippen LogP contribution in [0.1, 0.15) is 28.8 Å². The Morgan fingerprint density at radius 1 is 1.19 bits per heavy atom. The second-order valence-electron chi connectivity index (χ2n) is 5.54. The Labute approximate surface area is 124 Å². The molecule has 0 atom stereocenters. The summed E-state index contributed by atoms with van der Waals surface area (Å²) in [5, 5.41) is 6.23. The first-order valence-corrected chi connectivity index (χ1v) is 7.16. The first-order chi connectivity index (χ1) is 10.1. The van der Waals surface area contributed by atoms with Crippen LogP contribution in [0.5, 0.6) is 0 Å². The van der Waals surface area contributed by atoms with Crippen molar-refractivity contribution >= 4 is 23.0 Å². The van der Waals surface area contributed by atoms with Crippen molar-refractivity contribution in [3.63, 3.8) is 0 Å². The third-order valence-electron chi connectivity index (χ3n) is 3.52. The summed E-state index contributed by atoms with van der Waals surface area (Å²) >= 11 is 0. The van der Waals surface area contributed by atoms with Crippen molar-refractivity contribution < 1.29 is 4.79 Å². The number of nitrogens with one attached hydrogen (secondary N) is 2. The Kier molecular flexibility index (Phi) is 3.52. The Bertz CT molecular complexity index is 677.